The lowest BCUT2D eigenvalue weighted by Gasteiger charge is -2.28. The number of nitrogens with zero attached hydrogens (tertiary/aromatic N) is 2. The van der Waals surface area contributed by atoms with Crippen LogP contribution in [0.15, 0.2) is 48.5 Å². The number of hydrogen-bond acceptors (Lipinski definition) is 2. The first-order valence-electron chi connectivity index (χ1n) is 10.2. The molecule has 0 aliphatic carbocycles. The van der Waals surface area contributed by atoms with Crippen LogP contribution in [0.3, 0.4) is 0 Å². The Kier molecular flexibility index (Phi) is 5.63. The summed E-state index contributed by atoms with van der Waals surface area (Å²) >= 11 is 0. The van der Waals surface area contributed by atoms with Gasteiger partial charge in [-0.3, -0.25) is 4.79 Å². The van der Waals surface area contributed by atoms with Crippen molar-refractivity contribution in [3.05, 3.63) is 59.7 Å². The summed E-state index contributed by atoms with van der Waals surface area (Å²) in [5, 5.41) is 0. The van der Waals surface area contributed by atoms with Crippen molar-refractivity contribution in [3.63, 3.8) is 0 Å². The van der Waals surface area contributed by atoms with Crippen LogP contribution in [0.25, 0.3) is 11.1 Å². The first kappa shape index (κ1) is 20.0. The molecule has 2 aromatic rings. The lowest BCUT2D eigenvalue weighted by molar-refractivity contribution is -0.137. The molecule has 2 aromatic carbocycles. The van der Waals surface area contributed by atoms with E-state index in [2.05, 4.69) is 4.90 Å². The number of carbonyl (C=O) groups excluding carboxylic acids is 1. The van der Waals surface area contributed by atoms with Gasteiger partial charge in [0.2, 0.25) is 0 Å². The summed E-state index contributed by atoms with van der Waals surface area (Å²) in [7, 11) is 0. The highest BCUT2D eigenvalue weighted by Gasteiger charge is 2.32. The highest BCUT2D eigenvalue weighted by Crippen LogP contribution is 2.32. The van der Waals surface area contributed by atoms with E-state index in [1.165, 1.54) is 18.9 Å². The van der Waals surface area contributed by atoms with E-state index in [1.54, 1.807) is 30.3 Å². The molecule has 2 aliphatic heterocycles. The maximum Gasteiger partial charge on any atom is 0.416 e. The predicted molar refractivity (Wildman–Crippen MR) is 107 cm³/mol. The molecule has 2 fully saturated rings. The monoisotopic (exact) mass is 402 g/mol. The topological polar surface area (TPSA) is 23.6 Å². The number of amides is 1. The molecular weight excluding hydrogens is 377 g/mol. The van der Waals surface area contributed by atoms with Gasteiger partial charge in [0.15, 0.2) is 0 Å². The highest BCUT2D eigenvalue weighted by molar-refractivity contribution is 5.95. The molecule has 0 spiro atoms. The van der Waals surface area contributed by atoms with E-state index in [9.17, 15) is 18.0 Å². The van der Waals surface area contributed by atoms with Crippen LogP contribution in [-0.4, -0.2) is 47.9 Å². The van der Waals surface area contributed by atoms with Gasteiger partial charge in [-0.2, -0.15) is 13.2 Å². The third kappa shape index (κ3) is 4.47. The van der Waals surface area contributed by atoms with Gasteiger partial charge in [0.25, 0.3) is 5.91 Å². The van der Waals surface area contributed by atoms with E-state index in [1.807, 2.05) is 4.90 Å². The van der Waals surface area contributed by atoms with Gasteiger partial charge in [0, 0.05) is 24.7 Å². The van der Waals surface area contributed by atoms with Gasteiger partial charge < -0.3 is 9.80 Å². The Morgan fingerprint density at radius 1 is 0.931 bits per heavy atom. The molecule has 0 bridgehead atoms. The lowest BCUT2D eigenvalue weighted by atomic mass is 10.0. The average molecular weight is 402 g/mol. The van der Waals surface area contributed by atoms with E-state index in [0.29, 0.717) is 16.7 Å². The third-order valence-electron chi connectivity index (χ3n) is 5.96. The molecule has 154 valence electrons. The Bertz CT molecular complexity index is 857. The van der Waals surface area contributed by atoms with Crippen LogP contribution in [0, 0.1) is 0 Å². The molecule has 6 heteroatoms. The first-order chi connectivity index (χ1) is 13.9. The van der Waals surface area contributed by atoms with Crippen molar-refractivity contribution < 1.29 is 18.0 Å². The molecule has 3 nitrogen and oxygen atoms in total. The maximum atomic E-state index is 13.0. The average Bonchev–Trinajstić information content (AvgIpc) is 3.40. The SMILES string of the molecule is O=C(c1ccc(-c2cccc(C(F)(F)F)c2)cc1)N1CCC[C@H]1CN1CCCC1. The summed E-state index contributed by atoms with van der Waals surface area (Å²) in [4.78, 5) is 17.4. The van der Waals surface area contributed by atoms with E-state index >= 15 is 0 Å². The summed E-state index contributed by atoms with van der Waals surface area (Å²) in [5.41, 5.74) is 1.08. The second-order valence-electron chi connectivity index (χ2n) is 7.96. The van der Waals surface area contributed by atoms with Crippen LogP contribution >= 0.6 is 0 Å². The third-order valence-corrected chi connectivity index (χ3v) is 5.96. The van der Waals surface area contributed by atoms with Crippen LogP contribution in [0.1, 0.15) is 41.6 Å². The lowest BCUT2D eigenvalue weighted by Crippen LogP contribution is -2.42. The minimum absolute atomic E-state index is 0.0160. The second-order valence-corrected chi connectivity index (χ2v) is 7.96. The van der Waals surface area contributed by atoms with E-state index in [0.717, 1.165) is 51.2 Å². The zero-order chi connectivity index (χ0) is 20.4. The molecule has 1 amide bonds. The quantitative estimate of drug-likeness (QED) is 0.713. The molecule has 2 heterocycles. The smallest absolute Gasteiger partial charge is 0.334 e. The van der Waals surface area contributed by atoms with Gasteiger partial charge in [-0.05, 0) is 74.2 Å². The molecule has 0 N–H and O–H groups in total. The molecule has 2 aliphatic rings. The summed E-state index contributed by atoms with van der Waals surface area (Å²) in [6, 6.07) is 12.4. The standard InChI is InChI=1S/C23H25F3N2O/c24-23(25,26)20-6-3-5-19(15-20)17-8-10-18(11-9-17)22(29)28-14-4-7-21(28)16-27-12-1-2-13-27/h3,5-6,8-11,15,21H,1-2,4,7,12-14,16H2/t21-/m0/s1. The number of benzene rings is 2. The summed E-state index contributed by atoms with van der Waals surface area (Å²) < 4.78 is 38.9. The Morgan fingerprint density at radius 2 is 1.66 bits per heavy atom. The van der Waals surface area contributed by atoms with Crippen LogP contribution in [0.4, 0.5) is 13.2 Å². The predicted octanol–water partition coefficient (Wildman–Crippen LogP) is 5.07. The van der Waals surface area contributed by atoms with E-state index in [-0.39, 0.29) is 11.9 Å². The number of alkyl halides is 3. The number of likely N-dealkylation sites (tertiary alicyclic amines) is 2. The largest absolute Gasteiger partial charge is 0.416 e. The molecule has 0 unspecified atom stereocenters. The molecule has 2 saturated heterocycles. The second kappa shape index (κ2) is 8.19. The zero-order valence-corrected chi connectivity index (χ0v) is 16.3. The Labute approximate surface area is 169 Å². The Hall–Kier alpha value is -2.34. The number of carbonyl (C=O) groups is 1. The summed E-state index contributed by atoms with van der Waals surface area (Å²) in [6.07, 6.45) is 0.151. The van der Waals surface area contributed by atoms with Crippen molar-refractivity contribution in [2.45, 2.75) is 37.9 Å². The van der Waals surface area contributed by atoms with Gasteiger partial charge in [-0.1, -0.05) is 24.3 Å². The van der Waals surface area contributed by atoms with Crippen LogP contribution in [0.2, 0.25) is 0 Å². The van der Waals surface area contributed by atoms with Gasteiger partial charge in [-0.25, -0.2) is 0 Å². The molecular formula is C23H25F3N2O. The number of rotatable bonds is 4. The number of halogens is 3. The molecule has 1 atom stereocenters. The highest BCUT2D eigenvalue weighted by atomic mass is 19.4. The van der Waals surface area contributed by atoms with E-state index < -0.39 is 11.7 Å². The van der Waals surface area contributed by atoms with Crippen LogP contribution < -0.4 is 0 Å². The summed E-state index contributed by atoms with van der Waals surface area (Å²) in [6.45, 7) is 3.94. The number of hydrogen-bond donors (Lipinski definition) is 0. The Morgan fingerprint density at radius 3 is 2.34 bits per heavy atom. The van der Waals surface area contributed by atoms with Crippen LogP contribution in [0.5, 0.6) is 0 Å². The molecule has 0 saturated carbocycles. The fraction of sp³-hybridized carbons (Fsp3) is 0.435. The Balaban J connectivity index is 1.48. The fourth-order valence-electron chi connectivity index (χ4n) is 4.40. The van der Waals surface area contributed by atoms with Crippen molar-refractivity contribution in [1.29, 1.82) is 0 Å². The molecule has 0 aromatic heterocycles. The minimum atomic E-state index is -4.37. The fourth-order valence-corrected chi connectivity index (χ4v) is 4.40. The van der Waals surface area contributed by atoms with Gasteiger partial charge in [0.05, 0.1) is 5.56 Å². The summed E-state index contributed by atoms with van der Waals surface area (Å²) in [5.74, 6) is 0.0160. The first-order valence-corrected chi connectivity index (χ1v) is 10.2. The van der Waals surface area contributed by atoms with Crippen molar-refractivity contribution in [1.82, 2.24) is 9.80 Å². The van der Waals surface area contributed by atoms with Gasteiger partial charge >= 0.3 is 6.18 Å². The zero-order valence-electron chi connectivity index (χ0n) is 16.3. The van der Waals surface area contributed by atoms with Gasteiger partial charge in [0.1, 0.15) is 0 Å². The van der Waals surface area contributed by atoms with Crippen molar-refractivity contribution in [2.75, 3.05) is 26.2 Å². The molecule has 4 rings (SSSR count). The van der Waals surface area contributed by atoms with Gasteiger partial charge in [-0.15, -0.1) is 0 Å². The van der Waals surface area contributed by atoms with Crippen molar-refractivity contribution in [2.24, 2.45) is 0 Å². The van der Waals surface area contributed by atoms with Crippen LogP contribution in [-0.2, 0) is 6.18 Å². The maximum absolute atomic E-state index is 13.0. The molecule has 0 radical (unpaired) electrons. The minimum Gasteiger partial charge on any atom is -0.334 e. The van der Waals surface area contributed by atoms with Crippen molar-refractivity contribution >= 4 is 5.91 Å². The molecule has 29 heavy (non-hydrogen) atoms. The van der Waals surface area contributed by atoms with E-state index in [4.69, 9.17) is 0 Å². The normalized spacial score (nSPS) is 20.4. The van der Waals surface area contributed by atoms with Crippen molar-refractivity contribution in [3.8, 4) is 11.1 Å².